The van der Waals surface area contributed by atoms with Crippen LogP contribution in [0.1, 0.15) is 0 Å². The molecule has 3 aliphatic rings. The van der Waals surface area contributed by atoms with E-state index in [4.69, 9.17) is 16.3 Å². The maximum atomic E-state index is 13.5. The van der Waals surface area contributed by atoms with Crippen molar-refractivity contribution >= 4 is 46.5 Å². The number of hydrogen-bond donors (Lipinski definition) is 0. The van der Waals surface area contributed by atoms with Crippen LogP contribution in [0.15, 0.2) is 207 Å². The standard InChI is InChI=1S/C27H24ClF2N5O2.C25H22F2N6O.C24H21F2N7O/c1-37-24-11-6-20(28)16-23(24)33-12-14-34(15-13-33)25(36)17-35-27(19-4-9-22(30)10-5-19)31-26(32-35)18-2-7-21(29)8-3-18;26-20-7-3-18(4-8-20)24-29-25(19-5-9-21(27)10-6-19)33(30-24)17-23(34)32-14-12-31(13-15-32)22-2-1-11-28-16-22;25-19-5-1-17(2-6-19)23-29-24(18-3-7-20(26)8-4-18)33(30-23)15-22(34)32-13-11-31(12-14-32)21-9-10-27-16-28-21/h2-11,16H,12-15,17H2,1H3;1-11,16H,12-15,17H2;1-10,16H,11-15H2. The first-order valence-electron chi connectivity index (χ1n) is 33.5. The molecule has 29 heteroatoms. The Balaban J connectivity index is 0.000000140. The van der Waals surface area contributed by atoms with Gasteiger partial charge in [-0.15, -0.1) is 15.3 Å². The molecule has 0 radical (unpaired) electrons. The Morgan fingerprint density at radius 3 is 1.09 bits per heavy atom. The number of carbonyl (C=O) groups is 3. The summed E-state index contributed by atoms with van der Waals surface area (Å²) in [5.41, 5.74) is 5.66. The zero-order valence-electron chi connectivity index (χ0n) is 56.6. The number of methoxy groups -OCH3 is 1. The molecule has 7 aromatic carbocycles. The smallest absolute Gasteiger partial charge is 0.244 e. The van der Waals surface area contributed by atoms with E-state index < -0.39 is 0 Å². The largest absolute Gasteiger partial charge is 0.495 e. The third kappa shape index (κ3) is 17.6. The fourth-order valence-corrected chi connectivity index (χ4v) is 12.3. The van der Waals surface area contributed by atoms with Gasteiger partial charge < -0.3 is 34.1 Å². The van der Waals surface area contributed by atoms with Gasteiger partial charge in [-0.1, -0.05) is 11.6 Å². The van der Waals surface area contributed by atoms with E-state index in [2.05, 4.69) is 59.9 Å². The molecule has 105 heavy (non-hydrogen) atoms. The van der Waals surface area contributed by atoms with Crippen LogP contribution in [0.2, 0.25) is 5.02 Å². The van der Waals surface area contributed by atoms with Gasteiger partial charge in [-0.3, -0.25) is 19.4 Å². The maximum absolute atomic E-state index is 13.5. The second-order valence-electron chi connectivity index (χ2n) is 24.5. The summed E-state index contributed by atoms with van der Waals surface area (Å²) in [7, 11) is 1.61. The highest BCUT2D eigenvalue weighted by atomic mass is 35.5. The Morgan fingerprint density at radius 1 is 0.400 bits per heavy atom. The second kappa shape index (κ2) is 32.8. The molecule has 3 aliphatic heterocycles. The van der Waals surface area contributed by atoms with Crippen LogP contribution in [0.5, 0.6) is 5.75 Å². The minimum absolute atomic E-state index is 0.00615. The van der Waals surface area contributed by atoms with Gasteiger partial charge in [0.15, 0.2) is 34.9 Å². The summed E-state index contributed by atoms with van der Waals surface area (Å²) in [5, 5.41) is 14.2. The van der Waals surface area contributed by atoms with Crippen molar-refractivity contribution in [3.05, 3.63) is 247 Å². The van der Waals surface area contributed by atoms with Crippen molar-refractivity contribution in [2.75, 3.05) is 100 Å². The highest BCUT2D eigenvalue weighted by Crippen LogP contribution is 2.33. The van der Waals surface area contributed by atoms with Gasteiger partial charge in [-0.05, 0) is 182 Å². The lowest BCUT2D eigenvalue weighted by atomic mass is 10.2. The number of piperazine rings is 3. The first kappa shape index (κ1) is 71.1. The highest BCUT2D eigenvalue weighted by molar-refractivity contribution is 6.31. The Bertz CT molecular complexity index is 4720. The minimum Gasteiger partial charge on any atom is -0.495 e. The molecule has 3 amide bonds. The fourth-order valence-electron chi connectivity index (χ4n) is 12.2. The Kier molecular flexibility index (Phi) is 22.2. The summed E-state index contributed by atoms with van der Waals surface area (Å²) >= 11 is 6.19. The molecule has 0 unspecified atom stereocenters. The highest BCUT2D eigenvalue weighted by Gasteiger charge is 2.29. The van der Waals surface area contributed by atoms with E-state index in [1.807, 2.05) is 36.5 Å². The predicted molar refractivity (Wildman–Crippen MR) is 383 cm³/mol. The molecule has 12 aromatic rings. The molecule has 5 aromatic heterocycles. The topological polar surface area (TPSA) is 211 Å². The monoisotopic (exact) mass is 1440 g/mol. The summed E-state index contributed by atoms with van der Waals surface area (Å²) in [6.45, 7) is 7.19. The van der Waals surface area contributed by atoms with E-state index in [-0.39, 0.29) is 72.3 Å². The van der Waals surface area contributed by atoms with E-state index in [1.54, 1.807) is 113 Å². The van der Waals surface area contributed by atoms with Gasteiger partial charge in [0, 0.05) is 129 Å². The molecule has 15 rings (SSSR count). The predicted octanol–water partition coefficient (Wildman–Crippen LogP) is 11.6. The van der Waals surface area contributed by atoms with Crippen LogP contribution in [0.3, 0.4) is 0 Å². The van der Waals surface area contributed by atoms with E-state index in [0.29, 0.717) is 152 Å². The number of benzene rings is 7. The lowest BCUT2D eigenvalue weighted by Crippen LogP contribution is -2.50. The third-order valence-electron chi connectivity index (χ3n) is 17.8. The number of aromatic nitrogens is 12. The number of pyridine rings is 1. The maximum Gasteiger partial charge on any atom is 0.244 e. The van der Waals surface area contributed by atoms with Crippen molar-refractivity contribution in [3.63, 3.8) is 0 Å². The first-order valence-corrected chi connectivity index (χ1v) is 33.9. The van der Waals surface area contributed by atoms with Crippen LogP contribution in [-0.2, 0) is 34.0 Å². The number of ether oxygens (including phenoxy) is 1. The summed E-state index contributed by atoms with van der Waals surface area (Å²) in [6, 6.07) is 46.3. The molecule has 0 saturated carbocycles. The van der Waals surface area contributed by atoms with Gasteiger partial charge in [0.05, 0.1) is 24.7 Å². The molecule has 534 valence electrons. The number of rotatable bonds is 16. The summed E-state index contributed by atoms with van der Waals surface area (Å²) in [4.78, 5) is 77.5. The molecule has 22 nitrogen and oxygen atoms in total. The van der Waals surface area contributed by atoms with Gasteiger partial charge in [-0.2, -0.15) is 0 Å². The Labute approximate surface area is 604 Å². The van der Waals surface area contributed by atoms with Crippen LogP contribution in [-0.4, -0.2) is 177 Å². The van der Waals surface area contributed by atoms with Gasteiger partial charge in [0.25, 0.3) is 0 Å². The number of halogens is 7. The summed E-state index contributed by atoms with van der Waals surface area (Å²) in [6.07, 6.45) is 6.76. The number of anilines is 3. The quantitative estimate of drug-likeness (QED) is 0.0823. The van der Waals surface area contributed by atoms with Crippen LogP contribution in [0, 0.1) is 34.9 Å². The molecule has 3 saturated heterocycles. The van der Waals surface area contributed by atoms with Crippen molar-refractivity contribution in [1.29, 1.82) is 0 Å². The average Bonchev–Trinajstić information content (AvgIpc) is 1.71. The number of nitrogens with zero attached hydrogens (tertiary/aromatic N) is 18. The summed E-state index contributed by atoms with van der Waals surface area (Å²) < 4.78 is 90.6. The normalized spacial score (nSPS) is 13.8. The molecule has 3 fully saturated rings. The molecular weight excluding hydrogens is 1380 g/mol. The van der Waals surface area contributed by atoms with Crippen molar-refractivity contribution in [2.45, 2.75) is 19.6 Å². The van der Waals surface area contributed by atoms with Gasteiger partial charge in [0.1, 0.15) is 72.4 Å². The Hall–Kier alpha value is -12.3. The average molecular weight is 1450 g/mol. The number of hydrogen-bond acceptors (Lipinski definition) is 16. The Morgan fingerprint density at radius 2 is 0.752 bits per heavy atom. The lowest BCUT2D eigenvalue weighted by molar-refractivity contribution is -0.133. The molecule has 0 atom stereocenters. The van der Waals surface area contributed by atoms with Gasteiger partial charge >= 0.3 is 0 Å². The zero-order valence-corrected chi connectivity index (χ0v) is 57.3. The van der Waals surface area contributed by atoms with Crippen LogP contribution >= 0.6 is 11.6 Å². The minimum atomic E-state index is -0.376. The molecule has 8 heterocycles. The lowest BCUT2D eigenvalue weighted by Gasteiger charge is -2.36. The van der Waals surface area contributed by atoms with Crippen molar-refractivity contribution in [3.8, 4) is 74.1 Å². The molecule has 0 N–H and O–H groups in total. The first-order chi connectivity index (χ1) is 51.0. The fraction of sp³-hybridized carbons (Fsp3) is 0.211. The third-order valence-corrected chi connectivity index (χ3v) is 18.0. The van der Waals surface area contributed by atoms with E-state index in [0.717, 1.165) is 22.9 Å². The van der Waals surface area contributed by atoms with Gasteiger partial charge in [0.2, 0.25) is 17.7 Å². The SMILES string of the molecule is COc1ccc(Cl)cc1N1CCN(C(=O)Cn2nc(-c3ccc(F)cc3)nc2-c2ccc(F)cc2)CC1.O=C(Cn1nc(-c2ccc(F)cc2)nc1-c1ccc(F)cc1)N1CCN(c2cccnc2)CC1.O=C(Cn1nc(-c2ccc(F)cc2)nc1-c1ccc(F)cc1)N1CCN(c2ccncn2)CC1. The molecule has 0 bridgehead atoms. The number of amides is 3. The number of carbonyl (C=O) groups excluding carboxylic acids is 3. The molecule has 0 spiro atoms. The second-order valence-corrected chi connectivity index (χ2v) is 24.9. The van der Waals surface area contributed by atoms with Crippen molar-refractivity contribution in [2.24, 2.45) is 0 Å². The van der Waals surface area contributed by atoms with Crippen LogP contribution < -0.4 is 19.4 Å². The van der Waals surface area contributed by atoms with Crippen LogP contribution in [0.4, 0.5) is 43.5 Å². The van der Waals surface area contributed by atoms with Crippen molar-refractivity contribution < 1.29 is 45.5 Å². The van der Waals surface area contributed by atoms with Gasteiger partial charge in [-0.25, -0.2) is 65.3 Å². The molecule has 0 aliphatic carbocycles. The zero-order chi connectivity index (χ0) is 72.9. The van der Waals surface area contributed by atoms with E-state index in [9.17, 15) is 40.7 Å². The van der Waals surface area contributed by atoms with E-state index in [1.165, 1.54) is 93.2 Å². The van der Waals surface area contributed by atoms with Crippen LogP contribution in [0.25, 0.3) is 68.3 Å². The van der Waals surface area contributed by atoms with E-state index >= 15 is 0 Å². The van der Waals surface area contributed by atoms with Crippen molar-refractivity contribution in [1.82, 2.24) is 73.9 Å². The molecular formula is C76H67ClF6N18O4. The summed E-state index contributed by atoms with van der Waals surface area (Å²) in [5.74, 6) is 1.46.